The van der Waals surface area contributed by atoms with Crippen LogP contribution in [0.2, 0.25) is 0 Å². The molecule has 0 saturated carbocycles. The molecule has 0 atom stereocenters. The summed E-state index contributed by atoms with van der Waals surface area (Å²) < 4.78 is 26.6. The highest BCUT2D eigenvalue weighted by molar-refractivity contribution is 5.91. The quantitative estimate of drug-likeness (QED) is 0.702. The van der Waals surface area contributed by atoms with Crippen molar-refractivity contribution in [1.82, 2.24) is 0 Å². The summed E-state index contributed by atoms with van der Waals surface area (Å²) in [4.78, 5) is 13.0. The molecule has 3 aromatic rings. The molecule has 0 amide bonds. The number of methoxy groups -OCH3 is 4. The first-order valence-corrected chi connectivity index (χ1v) is 7.82. The van der Waals surface area contributed by atoms with Crippen LogP contribution in [0.25, 0.3) is 22.3 Å². The van der Waals surface area contributed by atoms with E-state index in [1.54, 1.807) is 6.07 Å². The third-order valence-electron chi connectivity index (χ3n) is 4.11. The molecule has 0 spiro atoms. The predicted molar refractivity (Wildman–Crippen MR) is 97.5 cm³/mol. The average Bonchev–Trinajstić information content (AvgIpc) is 2.68. The van der Waals surface area contributed by atoms with Crippen molar-refractivity contribution in [3.8, 4) is 45.8 Å². The third-order valence-corrected chi connectivity index (χ3v) is 4.11. The van der Waals surface area contributed by atoms with E-state index in [2.05, 4.69) is 0 Å². The van der Waals surface area contributed by atoms with E-state index in [4.69, 9.17) is 23.4 Å². The molecule has 8 heteroatoms. The largest absolute Gasteiger partial charge is 0.504 e. The van der Waals surface area contributed by atoms with Gasteiger partial charge in [-0.25, -0.2) is 0 Å². The molecule has 0 unspecified atom stereocenters. The van der Waals surface area contributed by atoms with Crippen molar-refractivity contribution in [3.05, 3.63) is 34.5 Å². The van der Waals surface area contributed by atoms with E-state index in [0.717, 1.165) is 0 Å². The van der Waals surface area contributed by atoms with Crippen LogP contribution < -0.4 is 24.4 Å². The van der Waals surface area contributed by atoms with Gasteiger partial charge in [0.25, 0.3) is 0 Å². The fourth-order valence-corrected chi connectivity index (χ4v) is 2.82. The monoisotopic (exact) mass is 374 g/mol. The van der Waals surface area contributed by atoms with E-state index >= 15 is 0 Å². The second-order valence-corrected chi connectivity index (χ2v) is 5.51. The fourth-order valence-electron chi connectivity index (χ4n) is 2.82. The van der Waals surface area contributed by atoms with E-state index in [9.17, 15) is 15.0 Å². The molecular weight excluding hydrogens is 356 g/mol. The van der Waals surface area contributed by atoms with Crippen LogP contribution in [0, 0.1) is 0 Å². The Labute approximate surface area is 154 Å². The number of hydrogen-bond donors (Lipinski definition) is 2. The maximum Gasteiger partial charge on any atom is 0.239 e. The summed E-state index contributed by atoms with van der Waals surface area (Å²) in [5, 5.41) is 20.1. The molecule has 0 bridgehead atoms. The molecule has 27 heavy (non-hydrogen) atoms. The van der Waals surface area contributed by atoms with E-state index in [0.29, 0.717) is 5.56 Å². The van der Waals surface area contributed by atoms with Crippen molar-refractivity contribution >= 4 is 11.0 Å². The Morgan fingerprint density at radius 3 is 2.11 bits per heavy atom. The zero-order valence-electron chi connectivity index (χ0n) is 15.2. The van der Waals surface area contributed by atoms with Gasteiger partial charge in [-0.15, -0.1) is 0 Å². The molecule has 8 nitrogen and oxygen atoms in total. The lowest BCUT2D eigenvalue weighted by Gasteiger charge is -2.14. The van der Waals surface area contributed by atoms with Gasteiger partial charge in [0.05, 0.1) is 28.4 Å². The Kier molecular flexibility index (Phi) is 4.72. The van der Waals surface area contributed by atoms with Crippen molar-refractivity contribution in [1.29, 1.82) is 0 Å². The van der Waals surface area contributed by atoms with Crippen LogP contribution in [-0.4, -0.2) is 38.7 Å². The lowest BCUT2D eigenvalue weighted by molar-refractivity contribution is 0.341. The normalized spacial score (nSPS) is 10.7. The highest BCUT2D eigenvalue weighted by atomic mass is 16.5. The van der Waals surface area contributed by atoms with Gasteiger partial charge in [-0.05, 0) is 18.2 Å². The Balaban J connectivity index is 2.41. The molecule has 0 aliphatic heterocycles. The van der Waals surface area contributed by atoms with Crippen LogP contribution in [0.15, 0.2) is 33.5 Å². The standard InChI is InChI=1S/C19H18O8/c1-23-11-7-9(5-6-10(11)20)17-19(26-4)16(22)14-12(27-17)8-13(24-2)15(21)18(14)25-3/h5-8,20-21H,1-4H3. The van der Waals surface area contributed by atoms with Crippen molar-refractivity contribution in [2.75, 3.05) is 28.4 Å². The van der Waals surface area contributed by atoms with Crippen LogP contribution >= 0.6 is 0 Å². The Hall–Kier alpha value is -3.55. The minimum absolute atomic E-state index is 0.0159. The Morgan fingerprint density at radius 2 is 1.52 bits per heavy atom. The molecule has 0 aliphatic carbocycles. The van der Waals surface area contributed by atoms with Gasteiger partial charge >= 0.3 is 0 Å². The SMILES string of the molecule is COc1cc(-c2oc3cc(OC)c(O)c(OC)c3c(=O)c2OC)ccc1O. The Morgan fingerprint density at radius 1 is 0.852 bits per heavy atom. The number of aromatic hydroxyl groups is 2. The molecule has 142 valence electrons. The summed E-state index contributed by atoms with van der Waals surface area (Å²) in [5.41, 5.74) is 0.0523. The zero-order valence-corrected chi connectivity index (χ0v) is 15.2. The highest BCUT2D eigenvalue weighted by Gasteiger charge is 2.24. The summed E-state index contributed by atoms with van der Waals surface area (Å²) >= 11 is 0. The van der Waals surface area contributed by atoms with Crippen LogP contribution in [0.5, 0.6) is 34.5 Å². The van der Waals surface area contributed by atoms with Crippen molar-refractivity contribution in [2.24, 2.45) is 0 Å². The first kappa shape index (κ1) is 18.2. The van der Waals surface area contributed by atoms with Gasteiger partial charge < -0.3 is 33.6 Å². The lowest BCUT2D eigenvalue weighted by atomic mass is 10.1. The molecule has 0 radical (unpaired) electrons. The molecule has 0 saturated heterocycles. The van der Waals surface area contributed by atoms with E-state index in [1.807, 2.05) is 0 Å². The maximum atomic E-state index is 13.0. The molecular formula is C19H18O8. The van der Waals surface area contributed by atoms with Gasteiger partial charge in [-0.3, -0.25) is 4.79 Å². The van der Waals surface area contributed by atoms with E-state index in [-0.39, 0.29) is 51.2 Å². The number of ether oxygens (including phenoxy) is 4. The predicted octanol–water partition coefficient (Wildman–Crippen LogP) is 2.91. The first-order chi connectivity index (χ1) is 13.0. The molecule has 1 aromatic heterocycles. The Bertz CT molecular complexity index is 1070. The summed E-state index contributed by atoms with van der Waals surface area (Å²) in [5.74, 6) is -0.120. The van der Waals surface area contributed by atoms with Crippen LogP contribution in [0.3, 0.4) is 0 Å². The maximum absolute atomic E-state index is 13.0. The van der Waals surface area contributed by atoms with Gasteiger partial charge in [0.15, 0.2) is 28.8 Å². The van der Waals surface area contributed by atoms with Gasteiger partial charge in [0.1, 0.15) is 11.0 Å². The number of fused-ring (bicyclic) bond motifs is 1. The smallest absolute Gasteiger partial charge is 0.239 e. The number of phenols is 2. The van der Waals surface area contributed by atoms with Crippen LogP contribution in [0.4, 0.5) is 0 Å². The van der Waals surface area contributed by atoms with Crippen LogP contribution in [-0.2, 0) is 0 Å². The van der Waals surface area contributed by atoms with Gasteiger partial charge in [-0.2, -0.15) is 0 Å². The topological polar surface area (TPSA) is 108 Å². The average molecular weight is 374 g/mol. The molecule has 0 fully saturated rings. The molecule has 2 N–H and O–H groups in total. The van der Waals surface area contributed by atoms with Gasteiger partial charge in [0.2, 0.25) is 16.9 Å². The number of phenolic OH excluding ortho intramolecular Hbond substituents is 2. The van der Waals surface area contributed by atoms with Crippen LogP contribution in [0.1, 0.15) is 0 Å². The summed E-state index contributed by atoms with van der Waals surface area (Å²) in [7, 11) is 5.42. The molecule has 2 aromatic carbocycles. The molecule has 1 heterocycles. The third kappa shape index (κ3) is 2.84. The number of rotatable bonds is 5. The van der Waals surface area contributed by atoms with Gasteiger partial charge in [0, 0.05) is 11.6 Å². The van der Waals surface area contributed by atoms with Gasteiger partial charge in [-0.1, -0.05) is 0 Å². The summed E-state index contributed by atoms with van der Waals surface area (Å²) in [6.07, 6.45) is 0. The number of benzene rings is 2. The van der Waals surface area contributed by atoms with E-state index < -0.39 is 5.43 Å². The number of hydrogen-bond acceptors (Lipinski definition) is 8. The second-order valence-electron chi connectivity index (χ2n) is 5.51. The highest BCUT2D eigenvalue weighted by Crippen LogP contribution is 2.44. The van der Waals surface area contributed by atoms with Crippen molar-refractivity contribution in [3.63, 3.8) is 0 Å². The molecule has 3 rings (SSSR count). The fraction of sp³-hybridized carbons (Fsp3) is 0.211. The lowest BCUT2D eigenvalue weighted by Crippen LogP contribution is -2.09. The zero-order chi connectivity index (χ0) is 19.7. The summed E-state index contributed by atoms with van der Waals surface area (Å²) in [6, 6.07) is 5.86. The van der Waals surface area contributed by atoms with Crippen molar-refractivity contribution < 1.29 is 33.6 Å². The van der Waals surface area contributed by atoms with Crippen molar-refractivity contribution in [2.45, 2.75) is 0 Å². The first-order valence-electron chi connectivity index (χ1n) is 7.82. The minimum atomic E-state index is -0.532. The van der Waals surface area contributed by atoms with E-state index in [1.165, 1.54) is 46.6 Å². The minimum Gasteiger partial charge on any atom is -0.504 e. The summed E-state index contributed by atoms with van der Waals surface area (Å²) in [6.45, 7) is 0. The molecule has 0 aliphatic rings. The second kappa shape index (κ2) is 6.99.